The smallest absolute Gasteiger partial charge is 0.225 e. The quantitative estimate of drug-likeness (QED) is 0.326. The molecule has 2 fully saturated rings. The molecule has 12 heteroatoms. The van der Waals surface area contributed by atoms with Crippen LogP contribution in [-0.2, 0) is 5.54 Å². The van der Waals surface area contributed by atoms with Gasteiger partial charge in [-0.15, -0.1) is 0 Å². The number of aliphatic hydroxyl groups is 1. The lowest BCUT2D eigenvalue weighted by molar-refractivity contribution is 0.0254. The molecule has 7 rings (SSSR count). The third kappa shape index (κ3) is 4.58. The summed E-state index contributed by atoms with van der Waals surface area (Å²) in [6, 6.07) is 8.34. The van der Waals surface area contributed by atoms with Gasteiger partial charge in [-0.3, -0.25) is 4.68 Å². The molecule has 3 atom stereocenters. The summed E-state index contributed by atoms with van der Waals surface area (Å²) in [5.41, 5.74) is 10.2. The van der Waals surface area contributed by atoms with Gasteiger partial charge in [-0.25, -0.2) is 23.9 Å². The summed E-state index contributed by atoms with van der Waals surface area (Å²) in [5.74, 6) is 1.23. The monoisotopic (exact) mass is 554 g/mol. The normalized spacial score (nSPS) is 20.7. The molecule has 41 heavy (non-hydrogen) atoms. The van der Waals surface area contributed by atoms with Gasteiger partial charge in [0.15, 0.2) is 5.82 Å². The summed E-state index contributed by atoms with van der Waals surface area (Å²) in [5, 5.41) is 18.9. The maximum absolute atomic E-state index is 13.4. The first kappa shape index (κ1) is 25.5. The summed E-state index contributed by atoms with van der Waals surface area (Å²) >= 11 is 0. The fraction of sp³-hybridized carbons (Fsp3) is 0.345. The molecule has 0 spiro atoms. The van der Waals surface area contributed by atoms with Crippen LogP contribution in [-0.4, -0.2) is 71.7 Å². The predicted octanol–water partition coefficient (Wildman–Crippen LogP) is 2.77. The number of piperazine rings is 1. The second-order valence-electron chi connectivity index (χ2n) is 11.0. The standard InChI is InChI=1S/C29H31FN10O/c1-29(31,21-2-4-23(30)5-3-21)22-14-32-28(33-15-22)38-10-8-37(9-11-38)27-25-12-19(16-40(25)36-18-34-27)20-13-35-39(17-20)24-6-7-26(24)41/h2-5,12-18,24,26,41H,6-11,31H2,1H3/t24-,26-,29+/m1/s1. The molecule has 0 amide bonds. The molecule has 4 aromatic heterocycles. The van der Waals surface area contributed by atoms with E-state index in [4.69, 9.17) is 5.73 Å². The zero-order valence-corrected chi connectivity index (χ0v) is 22.7. The fourth-order valence-electron chi connectivity index (χ4n) is 5.59. The van der Waals surface area contributed by atoms with Crippen molar-refractivity contribution in [1.82, 2.24) is 34.3 Å². The molecule has 5 heterocycles. The molecular weight excluding hydrogens is 523 g/mol. The molecule has 210 valence electrons. The lowest BCUT2D eigenvalue weighted by atomic mass is 9.87. The maximum Gasteiger partial charge on any atom is 0.225 e. The highest BCUT2D eigenvalue weighted by Crippen LogP contribution is 2.34. The van der Waals surface area contributed by atoms with Gasteiger partial charge in [0.2, 0.25) is 5.95 Å². The summed E-state index contributed by atoms with van der Waals surface area (Å²) < 4.78 is 17.1. The first-order chi connectivity index (χ1) is 19.9. The Morgan fingerprint density at radius 2 is 1.61 bits per heavy atom. The average molecular weight is 555 g/mol. The molecular formula is C29H31FN10O. The Hall–Kier alpha value is -4.42. The van der Waals surface area contributed by atoms with E-state index in [9.17, 15) is 9.50 Å². The third-order valence-corrected chi connectivity index (χ3v) is 8.41. The fourth-order valence-corrected chi connectivity index (χ4v) is 5.59. The molecule has 2 aliphatic rings. The Morgan fingerprint density at radius 3 is 2.29 bits per heavy atom. The molecule has 0 unspecified atom stereocenters. The van der Waals surface area contributed by atoms with Crippen molar-refractivity contribution in [3.63, 3.8) is 0 Å². The summed E-state index contributed by atoms with van der Waals surface area (Å²) in [6.07, 6.45) is 12.3. The number of rotatable bonds is 6. The van der Waals surface area contributed by atoms with Gasteiger partial charge in [-0.1, -0.05) is 12.1 Å². The van der Waals surface area contributed by atoms with Gasteiger partial charge < -0.3 is 20.6 Å². The van der Waals surface area contributed by atoms with Crippen LogP contribution in [0.1, 0.15) is 36.9 Å². The van der Waals surface area contributed by atoms with Gasteiger partial charge in [0.05, 0.1) is 23.9 Å². The maximum atomic E-state index is 13.4. The highest BCUT2D eigenvalue weighted by Gasteiger charge is 2.31. The molecule has 3 N–H and O–H groups in total. The van der Waals surface area contributed by atoms with Crippen molar-refractivity contribution in [3.8, 4) is 11.1 Å². The number of hydrogen-bond acceptors (Lipinski definition) is 9. The first-order valence-corrected chi connectivity index (χ1v) is 13.8. The number of fused-ring (bicyclic) bond motifs is 1. The van der Waals surface area contributed by atoms with E-state index in [1.165, 1.54) is 12.1 Å². The van der Waals surface area contributed by atoms with E-state index in [2.05, 4.69) is 41.0 Å². The van der Waals surface area contributed by atoms with Gasteiger partial charge in [-0.2, -0.15) is 10.2 Å². The van der Waals surface area contributed by atoms with Gasteiger partial charge >= 0.3 is 0 Å². The number of halogens is 1. The van der Waals surface area contributed by atoms with Gasteiger partial charge in [0.25, 0.3) is 0 Å². The van der Waals surface area contributed by atoms with Crippen LogP contribution >= 0.6 is 0 Å². The number of nitrogens with zero attached hydrogens (tertiary/aromatic N) is 9. The lowest BCUT2D eigenvalue weighted by Crippen LogP contribution is -2.47. The zero-order valence-electron chi connectivity index (χ0n) is 22.7. The van der Waals surface area contributed by atoms with E-state index in [0.717, 1.165) is 72.6 Å². The first-order valence-electron chi connectivity index (χ1n) is 13.8. The van der Waals surface area contributed by atoms with Gasteiger partial charge in [-0.05, 0) is 43.5 Å². The highest BCUT2D eigenvalue weighted by molar-refractivity contribution is 5.77. The number of anilines is 2. The summed E-state index contributed by atoms with van der Waals surface area (Å²) in [6.45, 7) is 4.84. The van der Waals surface area contributed by atoms with Gasteiger partial charge in [0.1, 0.15) is 17.7 Å². The van der Waals surface area contributed by atoms with Crippen molar-refractivity contribution in [3.05, 3.63) is 84.6 Å². The number of benzene rings is 1. The largest absolute Gasteiger partial charge is 0.391 e. The van der Waals surface area contributed by atoms with E-state index in [0.29, 0.717) is 5.95 Å². The van der Waals surface area contributed by atoms with E-state index in [-0.39, 0.29) is 18.0 Å². The Labute approximate surface area is 236 Å². The second-order valence-corrected chi connectivity index (χ2v) is 11.0. The van der Waals surface area contributed by atoms with Crippen LogP contribution in [0, 0.1) is 5.82 Å². The topological polar surface area (TPSA) is 127 Å². The van der Waals surface area contributed by atoms with Crippen LogP contribution in [0.15, 0.2) is 67.6 Å². The molecule has 1 aliphatic carbocycles. The van der Waals surface area contributed by atoms with E-state index in [1.54, 1.807) is 30.9 Å². The minimum Gasteiger partial charge on any atom is -0.391 e. The van der Waals surface area contributed by atoms with Crippen molar-refractivity contribution in [1.29, 1.82) is 0 Å². The number of aromatic nitrogens is 7. The zero-order chi connectivity index (χ0) is 28.1. The minimum absolute atomic E-state index is 0.0576. The van der Waals surface area contributed by atoms with Crippen LogP contribution in [0.2, 0.25) is 0 Å². The third-order valence-electron chi connectivity index (χ3n) is 8.41. The molecule has 0 radical (unpaired) electrons. The second kappa shape index (κ2) is 9.89. The molecule has 1 aromatic carbocycles. The van der Waals surface area contributed by atoms with Crippen molar-refractivity contribution in [2.45, 2.75) is 37.5 Å². The van der Waals surface area contributed by atoms with Crippen LogP contribution in [0.5, 0.6) is 0 Å². The van der Waals surface area contributed by atoms with E-state index in [1.807, 2.05) is 34.7 Å². The Bertz CT molecular complexity index is 1670. The molecule has 11 nitrogen and oxygen atoms in total. The summed E-state index contributed by atoms with van der Waals surface area (Å²) in [7, 11) is 0. The van der Waals surface area contributed by atoms with Crippen molar-refractivity contribution in [2.75, 3.05) is 36.0 Å². The molecule has 5 aromatic rings. The number of nitrogens with two attached hydrogens (primary N) is 1. The van der Waals surface area contributed by atoms with Crippen molar-refractivity contribution in [2.24, 2.45) is 5.73 Å². The SMILES string of the molecule is C[C@](N)(c1ccc(F)cc1)c1cnc(N2CCN(c3ncnn4cc(-c5cnn([C@@H]6CC[C@H]6O)c5)cc34)CC2)nc1. The van der Waals surface area contributed by atoms with Crippen LogP contribution in [0.4, 0.5) is 16.2 Å². The number of aliphatic hydroxyl groups excluding tert-OH is 1. The van der Waals surface area contributed by atoms with Crippen LogP contribution < -0.4 is 15.5 Å². The van der Waals surface area contributed by atoms with Crippen molar-refractivity contribution >= 4 is 17.3 Å². The predicted molar refractivity (Wildman–Crippen MR) is 152 cm³/mol. The van der Waals surface area contributed by atoms with Gasteiger partial charge in [0, 0.05) is 67.7 Å². The average Bonchev–Trinajstić information content (AvgIpc) is 3.64. The Balaban J connectivity index is 1.05. The minimum atomic E-state index is -0.837. The summed E-state index contributed by atoms with van der Waals surface area (Å²) in [4.78, 5) is 18.3. The van der Waals surface area contributed by atoms with Crippen molar-refractivity contribution < 1.29 is 9.50 Å². The van der Waals surface area contributed by atoms with E-state index < -0.39 is 5.54 Å². The molecule has 1 aliphatic heterocycles. The molecule has 1 saturated heterocycles. The van der Waals surface area contributed by atoms with Crippen LogP contribution in [0.3, 0.4) is 0 Å². The Morgan fingerprint density at radius 1 is 0.878 bits per heavy atom. The molecule has 1 saturated carbocycles. The number of hydrogen-bond donors (Lipinski definition) is 2. The van der Waals surface area contributed by atoms with E-state index >= 15 is 0 Å². The lowest BCUT2D eigenvalue weighted by Gasteiger charge is -2.35. The molecule has 0 bridgehead atoms. The van der Waals surface area contributed by atoms with Crippen LogP contribution in [0.25, 0.3) is 16.6 Å². The highest BCUT2D eigenvalue weighted by atomic mass is 19.1. The Kier molecular flexibility index (Phi) is 6.16.